The molecule has 1 heterocycles. The second kappa shape index (κ2) is 6.63. The lowest BCUT2D eigenvalue weighted by atomic mass is 10.6. The number of aromatic nitrogens is 2. The summed E-state index contributed by atoms with van der Waals surface area (Å²) in [5, 5.41) is 9.32. The minimum atomic E-state index is -0.229. The Bertz CT molecular complexity index is 299. The van der Waals surface area contributed by atoms with Crippen LogP contribution in [-0.4, -0.2) is 15.9 Å². The summed E-state index contributed by atoms with van der Waals surface area (Å²) in [4.78, 5) is 7.65. The van der Waals surface area contributed by atoms with Crippen LogP contribution in [0.3, 0.4) is 0 Å². The van der Waals surface area contributed by atoms with Crippen molar-refractivity contribution in [1.82, 2.24) is 9.97 Å². The molecule has 0 bridgehead atoms. The molecule has 0 aliphatic carbocycles. The van der Waals surface area contributed by atoms with E-state index in [1.165, 1.54) is 0 Å². The maximum Gasteiger partial charge on any atom is 0.232 e. The third-order valence-corrected chi connectivity index (χ3v) is 1.37. The smallest absolute Gasteiger partial charge is 0.232 e. The number of hydrogen-bond donors (Lipinski definition) is 4. The van der Waals surface area contributed by atoms with E-state index in [1.807, 2.05) is 0 Å². The fourth-order valence-corrected chi connectivity index (χ4v) is 1.01. The quantitative estimate of drug-likeness (QED) is 0.351. The van der Waals surface area contributed by atoms with Crippen LogP contribution in [0, 0.1) is 5.41 Å². The van der Waals surface area contributed by atoms with Gasteiger partial charge in [-0.3, -0.25) is 10.7 Å². The van der Waals surface area contributed by atoms with Gasteiger partial charge in [-0.05, 0) is 15.9 Å². The summed E-state index contributed by atoms with van der Waals surface area (Å²) in [5.41, 5.74) is 10.5. The third kappa shape index (κ3) is 5.05. The highest BCUT2D eigenvalue weighted by molar-refractivity contribution is 9.10. The Morgan fingerprint density at radius 2 is 2.00 bits per heavy atom. The molecule has 0 aliphatic heterocycles. The summed E-state index contributed by atoms with van der Waals surface area (Å²) in [6.07, 6.45) is 0. The standard InChI is InChI=1S/C5H7BrN6.2ClH/c6-2-1-3(7)11-5(10-2)12-4(8)9;;/h1H,(H6,7,8,9,10,11,12);2*1H. The molecule has 6 nitrogen and oxygen atoms in total. The zero-order valence-electron chi connectivity index (χ0n) is 6.82. The van der Waals surface area contributed by atoms with Crippen LogP contribution in [0.5, 0.6) is 0 Å². The lowest BCUT2D eigenvalue weighted by molar-refractivity contribution is 1.15. The van der Waals surface area contributed by atoms with Crippen LogP contribution < -0.4 is 16.8 Å². The lowest BCUT2D eigenvalue weighted by Gasteiger charge is -2.02. The highest BCUT2D eigenvalue weighted by atomic mass is 79.9. The Morgan fingerprint density at radius 3 is 2.43 bits per heavy atom. The molecular weight excluding hydrogens is 295 g/mol. The molecule has 0 fully saturated rings. The number of nitrogens with zero attached hydrogens (tertiary/aromatic N) is 2. The maximum absolute atomic E-state index is 6.90. The third-order valence-electron chi connectivity index (χ3n) is 0.961. The topological polar surface area (TPSA) is 114 Å². The van der Waals surface area contributed by atoms with Crippen LogP contribution in [0.1, 0.15) is 0 Å². The predicted octanol–water partition coefficient (Wildman–Crippen LogP) is 0.970. The highest BCUT2D eigenvalue weighted by Crippen LogP contribution is 2.11. The van der Waals surface area contributed by atoms with Gasteiger partial charge in [0.2, 0.25) is 5.95 Å². The van der Waals surface area contributed by atoms with E-state index in [9.17, 15) is 0 Å². The Morgan fingerprint density at radius 1 is 1.43 bits per heavy atom. The molecule has 14 heavy (non-hydrogen) atoms. The summed E-state index contributed by atoms with van der Waals surface area (Å²) >= 11 is 3.12. The Labute approximate surface area is 101 Å². The zero-order valence-corrected chi connectivity index (χ0v) is 10.0. The van der Waals surface area contributed by atoms with Gasteiger partial charge in [-0.15, -0.1) is 24.8 Å². The molecule has 0 aromatic carbocycles. The van der Waals surface area contributed by atoms with Crippen molar-refractivity contribution in [3.63, 3.8) is 0 Å². The van der Waals surface area contributed by atoms with E-state index in [0.717, 1.165) is 0 Å². The molecule has 80 valence electrons. The average molecular weight is 304 g/mol. The Balaban J connectivity index is 0. The van der Waals surface area contributed by atoms with Gasteiger partial charge in [-0.25, -0.2) is 4.98 Å². The minimum absolute atomic E-state index is 0. The molecule has 1 aromatic heterocycles. The van der Waals surface area contributed by atoms with Crippen LogP contribution in [-0.2, 0) is 0 Å². The van der Waals surface area contributed by atoms with Gasteiger partial charge in [0.1, 0.15) is 10.4 Å². The first-order valence-electron chi connectivity index (χ1n) is 2.99. The number of anilines is 2. The first kappa shape index (κ1) is 15.7. The SMILES string of the molecule is Cl.Cl.N=C(N)Nc1nc(N)cc(Br)n1. The molecule has 0 saturated carbocycles. The molecular formula is C5H9BrCl2N6. The summed E-state index contributed by atoms with van der Waals surface area (Å²) in [7, 11) is 0. The molecule has 0 spiro atoms. The number of nitrogens with two attached hydrogens (primary N) is 2. The van der Waals surface area contributed by atoms with Crippen LogP contribution in [0.2, 0.25) is 0 Å². The molecule has 1 rings (SSSR count). The fourth-order valence-electron chi connectivity index (χ4n) is 0.611. The second-order valence-electron chi connectivity index (χ2n) is 1.98. The van der Waals surface area contributed by atoms with E-state index in [-0.39, 0.29) is 36.7 Å². The normalized spacial score (nSPS) is 8.07. The van der Waals surface area contributed by atoms with E-state index in [0.29, 0.717) is 10.4 Å². The van der Waals surface area contributed by atoms with Crippen LogP contribution in [0.25, 0.3) is 0 Å². The molecule has 0 atom stereocenters. The van der Waals surface area contributed by atoms with Crippen molar-refractivity contribution >= 4 is 58.5 Å². The molecule has 0 radical (unpaired) electrons. The summed E-state index contributed by atoms with van der Waals surface area (Å²) in [5.74, 6) is 0.280. The van der Waals surface area contributed by atoms with Crippen molar-refractivity contribution in [3.8, 4) is 0 Å². The minimum Gasteiger partial charge on any atom is -0.383 e. The van der Waals surface area contributed by atoms with Crippen LogP contribution >= 0.6 is 40.7 Å². The highest BCUT2D eigenvalue weighted by Gasteiger charge is 1.99. The van der Waals surface area contributed by atoms with Crippen molar-refractivity contribution in [2.45, 2.75) is 0 Å². The van der Waals surface area contributed by atoms with Crippen molar-refractivity contribution in [2.75, 3.05) is 11.1 Å². The van der Waals surface area contributed by atoms with Crippen LogP contribution in [0.15, 0.2) is 10.7 Å². The van der Waals surface area contributed by atoms with Crippen molar-refractivity contribution in [1.29, 1.82) is 5.41 Å². The first-order chi connectivity index (χ1) is 5.58. The fraction of sp³-hybridized carbons (Fsp3) is 0. The van der Waals surface area contributed by atoms with Crippen molar-refractivity contribution < 1.29 is 0 Å². The largest absolute Gasteiger partial charge is 0.383 e. The summed E-state index contributed by atoms with van der Waals surface area (Å²) < 4.78 is 0.541. The maximum atomic E-state index is 6.90. The molecule has 0 saturated heterocycles. The van der Waals surface area contributed by atoms with Crippen LogP contribution in [0.4, 0.5) is 11.8 Å². The molecule has 0 aliphatic rings. The van der Waals surface area contributed by atoms with E-state index < -0.39 is 0 Å². The monoisotopic (exact) mass is 302 g/mol. The van der Waals surface area contributed by atoms with Gasteiger partial charge in [0.05, 0.1) is 0 Å². The first-order valence-corrected chi connectivity index (χ1v) is 3.78. The number of nitrogen functional groups attached to an aromatic ring is 1. The van der Waals surface area contributed by atoms with Gasteiger partial charge in [0, 0.05) is 6.07 Å². The lowest BCUT2D eigenvalue weighted by Crippen LogP contribution is -2.22. The molecule has 1 aromatic rings. The number of rotatable bonds is 1. The number of halogens is 3. The number of guanidine groups is 1. The van der Waals surface area contributed by atoms with Gasteiger partial charge in [-0.2, -0.15) is 4.98 Å². The van der Waals surface area contributed by atoms with E-state index >= 15 is 0 Å². The predicted molar refractivity (Wildman–Crippen MR) is 64.2 cm³/mol. The number of hydrogen-bond acceptors (Lipinski definition) is 4. The Kier molecular flexibility index (Phi) is 7.42. The summed E-state index contributed by atoms with van der Waals surface area (Å²) in [6, 6.07) is 1.55. The van der Waals surface area contributed by atoms with E-state index in [1.54, 1.807) is 6.07 Å². The van der Waals surface area contributed by atoms with Gasteiger partial charge < -0.3 is 11.5 Å². The van der Waals surface area contributed by atoms with E-state index in [4.69, 9.17) is 16.9 Å². The van der Waals surface area contributed by atoms with Gasteiger partial charge in [-0.1, -0.05) is 0 Å². The van der Waals surface area contributed by atoms with Crippen molar-refractivity contribution in [3.05, 3.63) is 10.7 Å². The molecule has 0 amide bonds. The molecule has 6 N–H and O–H groups in total. The summed E-state index contributed by atoms with van der Waals surface area (Å²) in [6.45, 7) is 0. The average Bonchev–Trinajstić information content (AvgIpc) is 1.81. The second-order valence-corrected chi connectivity index (χ2v) is 2.79. The molecule has 0 unspecified atom stereocenters. The molecule has 9 heteroatoms. The van der Waals surface area contributed by atoms with Gasteiger partial charge in [0.25, 0.3) is 0 Å². The van der Waals surface area contributed by atoms with Gasteiger partial charge >= 0.3 is 0 Å². The zero-order chi connectivity index (χ0) is 9.14. The van der Waals surface area contributed by atoms with E-state index in [2.05, 4.69) is 31.2 Å². The number of nitrogens with one attached hydrogen (secondary N) is 2. The Hall–Kier alpha value is -0.790. The van der Waals surface area contributed by atoms with Gasteiger partial charge in [0.15, 0.2) is 5.96 Å². The van der Waals surface area contributed by atoms with Crippen molar-refractivity contribution in [2.24, 2.45) is 5.73 Å².